The van der Waals surface area contributed by atoms with Crippen molar-refractivity contribution in [1.29, 1.82) is 0 Å². The second-order valence-electron chi connectivity index (χ2n) is 5.91. The quantitative estimate of drug-likeness (QED) is 0.894. The first kappa shape index (κ1) is 13.3. The summed E-state index contributed by atoms with van der Waals surface area (Å²) >= 11 is 0. The predicted molar refractivity (Wildman–Crippen MR) is 72.8 cm³/mol. The van der Waals surface area contributed by atoms with Crippen molar-refractivity contribution < 1.29 is 4.74 Å². The fraction of sp³-hybridized carbons (Fsp3) is 0.714. The van der Waals surface area contributed by atoms with Crippen LogP contribution in [0.25, 0.3) is 0 Å². The van der Waals surface area contributed by atoms with Crippen LogP contribution in [0.5, 0.6) is 0 Å². The van der Waals surface area contributed by atoms with Crippen LogP contribution in [0.3, 0.4) is 0 Å². The molecule has 1 aliphatic rings. The van der Waals surface area contributed by atoms with Crippen molar-refractivity contribution >= 4 is 5.95 Å². The molecule has 1 saturated heterocycles. The van der Waals surface area contributed by atoms with Gasteiger partial charge in [-0.25, -0.2) is 9.97 Å². The van der Waals surface area contributed by atoms with Gasteiger partial charge in [0.1, 0.15) is 0 Å². The van der Waals surface area contributed by atoms with E-state index in [1.165, 1.54) is 12.8 Å². The van der Waals surface area contributed by atoms with Gasteiger partial charge < -0.3 is 10.1 Å². The monoisotopic (exact) mass is 249 g/mol. The number of anilines is 1. The molecule has 1 aliphatic heterocycles. The van der Waals surface area contributed by atoms with Gasteiger partial charge in [-0.1, -0.05) is 20.8 Å². The van der Waals surface area contributed by atoms with Crippen LogP contribution in [0.1, 0.15) is 45.6 Å². The van der Waals surface area contributed by atoms with E-state index in [2.05, 4.69) is 36.1 Å². The molecule has 100 valence electrons. The molecule has 2 rings (SSSR count). The Hall–Kier alpha value is -1.16. The molecule has 1 N–H and O–H groups in total. The predicted octanol–water partition coefficient (Wildman–Crippen LogP) is 2.76. The van der Waals surface area contributed by atoms with E-state index in [1.54, 1.807) is 0 Å². The number of rotatable bonds is 3. The van der Waals surface area contributed by atoms with Crippen LogP contribution in [-0.4, -0.2) is 29.2 Å². The van der Waals surface area contributed by atoms with Crippen molar-refractivity contribution in [2.75, 3.05) is 18.5 Å². The standard InChI is InChI=1S/C14H23N3O/c1-14(2,3)11-8-15-13(16-9-11)17-10-12-6-4-5-7-18-12/h8-9,12H,4-7,10H2,1-3H3,(H,15,16,17). The minimum atomic E-state index is 0.102. The second-order valence-corrected chi connectivity index (χ2v) is 5.91. The van der Waals surface area contributed by atoms with Crippen molar-refractivity contribution in [2.45, 2.75) is 51.6 Å². The fourth-order valence-corrected chi connectivity index (χ4v) is 1.98. The SMILES string of the molecule is CC(C)(C)c1cnc(NCC2CCCCO2)nc1. The topological polar surface area (TPSA) is 47.0 Å². The lowest BCUT2D eigenvalue weighted by molar-refractivity contribution is 0.0246. The average molecular weight is 249 g/mol. The first-order chi connectivity index (χ1) is 8.55. The molecule has 1 aromatic heterocycles. The third-order valence-corrected chi connectivity index (χ3v) is 3.28. The van der Waals surface area contributed by atoms with Crippen molar-refractivity contribution in [2.24, 2.45) is 0 Å². The Kier molecular flexibility index (Phi) is 4.17. The van der Waals surface area contributed by atoms with E-state index >= 15 is 0 Å². The van der Waals surface area contributed by atoms with Crippen LogP contribution in [0.15, 0.2) is 12.4 Å². The zero-order valence-corrected chi connectivity index (χ0v) is 11.6. The Morgan fingerprint density at radius 3 is 2.56 bits per heavy atom. The third kappa shape index (κ3) is 3.67. The van der Waals surface area contributed by atoms with Crippen LogP contribution in [0, 0.1) is 0 Å². The molecule has 2 heterocycles. The summed E-state index contributed by atoms with van der Waals surface area (Å²) in [7, 11) is 0. The maximum Gasteiger partial charge on any atom is 0.222 e. The molecule has 0 spiro atoms. The number of nitrogens with one attached hydrogen (secondary N) is 1. The number of nitrogens with zero attached hydrogens (tertiary/aromatic N) is 2. The summed E-state index contributed by atoms with van der Waals surface area (Å²) in [5.74, 6) is 0.692. The highest BCUT2D eigenvalue weighted by molar-refractivity contribution is 5.27. The maximum absolute atomic E-state index is 5.66. The highest BCUT2D eigenvalue weighted by atomic mass is 16.5. The summed E-state index contributed by atoms with van der Waals surface area (Å²) in [5, 5.41) is 3.25. The molecule has 1 aromatic rings. The van der Waals surface area contributed by atoms with E-state index in [9.17, 15) is 0 Å². The van der Waals surface area contributed by atoms with Gasteiger partial charge in [-0.3, -0.25) is 0 Å². The molecule has 18 heavy (non-hydrogen) atoms. The number of ether oxygens (including phenoxy) is 1. The summed E-state index contributed by atoms with van der Waals surface area (Å²) in [5.41, 5.74) is 1.26. The summed E-state index contributed by atoms with van der Waals surface area (Å²) in [6.07, 6.45) is 7.69. The van der Waals surface area contributed by atoms with E-state index in [1.807, 2.05) is 12.4 Å². The van der Waals surface area contributed by atoms with Gasteiger partial charge in [0.05, 0.1) is 6.10 Å². The average Bonchev–Trinajstić information content (AvgIpc) is 2.37. The van der Waals surface area contributed by atoms with Crippen LogP contribution in [0.4, 0.5) is 5.95 Å². The van der Waals surface area contributed by atoms with Crippen LogP contribution < -0.4 is 5.32 Å². The van der Waals surface area contributed by atoms with Crippen molar-refractivity contribution in [3.05, 3.63) is 18.0 Å². The first-order valence-corrected chi connectivity index (χ1v) is 6.74. The Labute approximate surface area is 109 Å². The van der Waals surface area contributed by atoms with Crippen molar-refractivity contribution in [3.63, 3.8) is 0 Å². The second kappa shape index (κ2) is 5.65. The summed E-state index contributed by atoms with van der Waals surface area (Å²) in [6, 6.07) is 0. The Morgan fingerprint density at radius 1 is 1.28 bits per heavy atom. The van der Waals surface area contributed by atoms with E-state index in [0.717, 1.165) is 25.1 Å². The molecule has 4 nitrogen and oxygen atoms in total. The molecule has 0 aliphatic carbocycles. The van der Waals surface area contributed by atoms with E-state index < -0.39 is 0 Å². The number of aromatic nitrogens is 2. The zero-order chi connectivity index (χ0) is 13.0. The van der Waals surface area contributed by atoms with E-state index in [-0.39, 0.29) is 5.41 Å². The molecule has 1 atom stereocenters. The van der Waals surface area contributed by atoms with Crippen LogP contribution in [0.2, 0.25) is 0 Å². The fourth-order valence-electron chi connectivity index (χ4n) is 1.98. The minimum Gasteiger partial charge on any atom is -0.376 e. The van der Waals surface area contributed by atoms with Gasteiger partial charge in [-0.05, 0) is 30.2 Å². The lowest BCUT2D eigenvalue weighted by Gasteiger charge is -2.23. The molecule has 0 saturated carbocycles. The lowest BCUT2D eigenvalue weighted by atomic mass is 9.89. The Morgan fingerprint density at radius 2 is 2.00 bits per heavy atom. The van der Waals surface area contributed by atoms with Gasteiger partial charge in [-0.2, -0.15) is 0 Å². The van der Waals surface area contributed by atoms with Crippen molar-refractivity contribution in [3.8, 4) is 0 Å². The zero-order valence-electron chi connectivity index (χ0n) is 11.6. The molecule has 1 unspecified atom stereocenters. The highest BCUT2D eigenvalue weighted by Gasteiger charge is 2.16. The van der Waals surface area contributed by atoms with Gasteiger partial charge in [-0.15, -0.1) is 0 Å². The first-order valence-electron chi connectivity index (χ1n) is 6.74. The van der Waals surface area contributed by atoms with Gasteiger partial charge in [0, 0.05) is 25.5 Å². The summed E-state index contributed by atoms with van der Waals surface area (Å²) in [6.45, 7) is 8.17. The van der Waals surface area contributed by atoms with Gasteiger partial charge >= 0.3 is 0 Å². The molecule has 4 heteroatoms. The molecular formula is C14H23N3O. The van der Waals surface area contributed by atoms with E-state index in [4.69, 9.17) is 4.74 Å². The Bertz CT molecular complexity index is 364. The lowest BCUT2D eigenvalue weighted by Crippen LogP contribution is -2.27. The molecule has 1 fully saturated rings. The largest absolute Gasteiger partial charge is 0.376 e. The smallest absolute Gasteiger partial charge is 0.222 e. The van der Waals surface area contributed by atoms with Gasteiger partial charge in [0.2, 0.25) is 5.95 Å². The third-order valence-electron chi connectivity index (χ3n) is 3.28. The van der Waals surface area contributed by atoms with Gasteiger partial charge in [0.25, 0.3) is 0 Å². The highest BCUT2D eigenvalue weighted by Crippen LogP contribution is 2.20. The summed E-state index contributed by atoms with van der Waals surface area (Å²) in [4.78, 5) is 8.70. The minimum absolute atomic E-state index is 0.102. The summed E-state index contributed by atoms with van der Waals surface area (Å²) < 4.78 is 5.66. The molecule has 0 aromatic carbocycles. The van der Waals surface area contributed by atoms with Crippen molar-refractivity contribution in [1.82, 2.24) is 9.97 Å². The molecule has 0 bridgehead atoms. The molecule has 0 radical (unpaired) electrons. The molecule has 0 amide bonds. The normalized spacial score (nSPS) is 20.7. The molecular weight excluding hydrogens is 226 g/mol. The number of hydrogen-bond donors (Lipinski definition) is 1. The maximum atomic E-state index is 5.66. The van der Waals surface area contributed by atoms with Crippen LogP contribution in [-0.2, 0) is 10.2 Å². The van der Waals surface area contributed by atoms with Crippen LogP contribution >= 0.6 is 0 Å². The number of hydrogen-bond acceptors (Lipinski definition) is 4. The Balaban J connectivity index is 1.86. The van der Waals surface area contributed by atoms with E-state index in [0.29, 0.717) is 12.1 Å². The van der Waals surface area contributed by atoms with Gasteiger partial charge in [0.15, 0.2) is 0 Å².